The Morgan fingerprint density at radius 1 is 1.31 bits per heavy atom. The van der Waals surface area contributed by atoms with Gasteiger partial charge < -0.3 is 16.4 Å². The number of nitrogens with two attached hydrogens (primary N) is 1. The number of halogens is 1. The first-order valence-electron chi connectivity index (χ1n) is 7.30. The minimum absolute atomic E-state index is 0.0295. The van der Waals surface area contributed by atoms with Gasteiger partial charge in [-0.3, -0.25) is 14.9 Å². The number of hydrogen-bond donors (Lipinski definition) is 3. The van der Waals surface area contributed by atoms with Crippen LogP contribution in [0, 0.1) is 28.4 Å². The summed E-state index contributed by atoms with van der Waals surface area (Å²) in [4.78, 5) is 22.4. The average Bonchev–Trinajstić information content (AvgIpc) is 2.58. The molecule has 0 fully saturated rings. The van der Waals surface area contributed by atoms with Crippen LogP contribution in [0.1, 0.15) is 5.56 Å². The summed E-state index contributed by atoms with van der Waals surface area (Å²) in [5.41, 5.74) is 7.35. The number of benzene rings is 2. The summed E-state index contributed by atoms with van der Waals surface area (Å²) >= 11 is 5.93. The Morgan fingerprint density at radius 3 is 2.65 bits per heavy atom. The van der Waals surface area contributed by atoms with Crippen LogP contribution in [0.3, 0.4) is 0 Å². The van der Waals surface area contributed by atoms with E-state index in [-0.39, 0.29) is 22.0 Å². The molecule has 132 valence electrons. The Hall–Kier alpha value is -3.57. The Morgan fingerprint density at radius 2 is 2.04 bits per heavy atom. The van der Waals surface area contributed by atoms with E-state index in [1.807, 2.05) is 13.0 Å². The molecule has 4 N–H and O–H groups in total. The Kier molecular flexibility index (Phi) is 5.78. The quantitative estimate of drug-likeness (QED) is 0.241. The second kappa shape index (κ2) is 8.00. The summed E-state index contributed by atoms with van der Waals surface area (Å²) in [5, 5.41) is 25.3. The third-order valence-electron chi connectivity index (χ3n) is 3.35. The van der Waals surface area contributed by atoms with Gasteiger partial charge in [0.1, 0.15) is 11.6 Å². The molecule has 0 spiro atoms. The number of amides is 1. The van der Waals surface area contributed by atoms with Gasteiger partial charge in [0.05, 0.1) is 27.0 Å². The van der Waals surface area contributed by atoms with E-state index in [0.717, 1.165) is 11.6 Å². The van der Waals surface area contributed by atoms with Crippen molar-refractivity contribution in [1.29, 1.82) is 5.26 Å². The van der Waals surface area contributed by atoms with E-state index < -0.39 is 10.8 Å². The fraction of sp³-hybridized carbons (Fsp3) is 0.0588. The predicted octanol–water partition coefficient (Wildman–Crippen LogP) is 3.60. The first-order valence-corrected chi connectivity index (χ1v) is 7.68. The fourth-order valence-corrected chi connectivity index (χ4v) is 2.19. The number of anilines is 3. The molecular formula is C17H14ClN5O3. The van der Waals surface area contributed by atoms with Crippen molar-refractivity contribution in [3.8, 4) is 6.07 Å². The SMILES string of the molecule is Cc1ccc(N/C=C(/C#N)C(=O)Nc2cc([N+](=O)[O-])ccc2Cl)c(N)c1. The van der Waals surface area contributed by atoms with Gasteiger partial charge in [-0.1, -0.05) is 17.7 Å². The zero-order valence-corrected chi connectivity index (χ0v) is 14.4. The maximum atomic E-state index is 12.2. The third-order valence-corrected chi connectivity index (χ3v) is 3.68. The molecule has 9 heteroatoms. The molecule has 2 aromatic carbocycles. The number of aryl methyl sites for hydroxylation is 1. The Bertz CT molecular complexity index is 950. The monoisotopic (exact) mass is 371 g/mol. The highest BCUT2D eigenvalue weighted by Gasteiger charge is 2.15. The molecule has 0 radical (unpaired) electrons. The molecule has 0 aliphatic heterocycles. The van der Waals surface area contributed by atoms with E-state index in [9.17, 15) is 20.2 Å². The Labute approximate surface area is 154 Å². The summed E-state index contributed by atoms with van der Waals surface area (Å²) < 4.78 is 0. The zero-order chi connectivity index (χ0) is 19.3. The first kappa shape index (κ1) is 18.8. The van der Waals surface area contributed by atoms with Gasteiger partial charge in [-0.15, -0.1) is 0 Å². The second-order valence-corrected chi connectivity index (χ2v) is 5.69. The lowest BCUT2D eigenvalue weighted by molar-refractivity contribution is -0.384. The number of nitrogen functional groups attached to an aromatic ring is 1. The highest BCUT2D eigenvalue weighted by Crippen LogP contribution is 2.27. The van der Waals surface area contributed by atoms with Crippen LogP contribution in [-0.4, -0.2) is 10.8 Å². The normalized spacial score (nSPS) is 10.7. The standard InChI is InChI=1S/C17H14ClN5O3/c1-10-2-5-15(14(20)6-10)21-9-11(8-19)17(24)22-16-7-12(23(25)26)3-4-13(16)18/h2-7,9,21H,20H2,1H3,(H,22,24)/b11-9-. The molecule has 26 heavy (non-hydrogen) atoms. The van der Waals surface area contributed by atoms with Crippen molar-refractivity contribution < 1.29 is 9.72 Å². The smallest absolute Gasteiger partial charge is 0.271 e. The molecule has 1 amide bonds. The number of hydrogen-bond acceptors (Lipinski definition) is 6. The number of rotatable bonds is 5. The van der Waals surface area contributed by atoms with Crippen LogP contribution in [0.25, 0.3) is 0 Å². The fourth-order valence-electron chi connectivity index (χ4n) is 2.02. The van der Waals surface area contributed by atoms with Crippen LogP contribution < -0.4 is 16.4 Å². The van der Waals surface area contributed by atoms with Gasteiger partial charge in [0.15, 0.2) is 0 Å². The first-order chi connectivity index (χ1) is 12.3. The molecule has 0 aliphatic carbocycles. The van der Waals surface area contributed by atoms with Gasteiger partial charge in [0.2, 0.25) is 0 Å². The van der Waals surface area contributed by atoms with E-state index in [1.54, 1.807) is 18.2 Å². The van der Waals surface area contributed by atoms with Crippen molar-refractivity contribution in [2.45, 2.75) is 6.92 Å². The van der Waals surface area contributed by atoms with E-state index in [0.29, 0.717) is 11.4 Å². The van der Waals surface area contributed by atoms with Crippen LogP contribution in [0.5, 0.6) is 0 Å². The van der Waals surface area contributed by atoms with Crippen LogP contribution in [0.2, 0.25) is 5.02 Å². The minimum Gasteiger partial charge on any atom is -0.397 e. The molecular weight excluding hydrogens is 358 g/mol. The lowest BCUT2D eigenvalue weighted by atomic mass is 10.2. The summed E-state index contributed by atoms with van der Waals surface area (Å²) in [5.74, 6) is -0.770. The van der Waals surface area contributed by atoms with Crippen molar-refractivity contribution in [1.82, 2.24) is 0 Å². The summed E-state index contributed by atoms with van der Waals surface area (Å²) in [6, 6.07) is 10.6. The highest BCUT2D eigenvalue weighted by molar-refractivity contribution is 6.34. The van der Waals surface area contributed by atoms with Crippen LogP contribution in [0.15, 0.2) is 48.2 Å². The molecule has 0 saturated carbocycles. The van der Waals surface area contributed by atoms with Crippen LogP contribution >= 0.6 is 11.6 Å². The summed E-state index contributed by atoms with van der Waals surface area (Å²) in [6.45, 7) is 1.88. The molecule has 0 saturated heterocycles. The van der Waals surface area contributed by atoms with E-state index >= 15 is 0 Å². The lowest BCUT2D eigenvalue weighted by Gasteiger charge is -2.08. The zero-order valence-electron chi connectivity index (χ0n) is 13.6. The lowest BCUT2D eigenvalue weighted by Crippen LogP contribution is -2.15. The topological polar surface area (TPSA) is 134 Å². The van der Waals surface area contributed by atoms with Crippen molar-refractivity contribution >= 4 is 40.3 Å². The number of nitriles is 1. The van der Waals surface area contributed by atoms with E-state index in [1.165, 1.54) is 18.3 Å². The number of nitro groups is 1. The van der Waals surface area contributed by atoms with Gasteiger partial charge in [-0.25, -0.2) is 0 Å². The van der Waals surface area contributed by atoms with E-state index in [2.05, 4.69) is 10.6 Å². The molecule has 0 bridgehead atoms. The van der Waals surface area contributed by atoms with Gasteiger partial charge in [0.25, 0.3) is 11.6 Å². The molecule has 0 atom stereocenters. The third kappa shape index (κ3) is 4.49. The van der Waals surface area contributed by atoms with Gasteiger partial charge in [0, 0.05) is 18.3 Å². The predicted molar refractivity (Wildman–Crippen MR) is 99.6 cm³/mol. The number of carbonyl (C=O) groups is 1. The second-order valence-electron chi connectivity index (χ2n) is 5.28. The Balaban J connectivity index is 2.20. The van der Waals surface area contributed by atoms with Crippen molar-refractivity contribution in [3.63, 3.8) is 0 Å². The van der Waals surface area contributed by atoms with Crippen molar-refractivity contribution in [2.24, 2.45) is 0 Å². The number of nitrogens with one attached hydrogen (secondary N) is 2. The largest absolute Gasteiger partial charge is 0.397 e. The maximum Gasteiger partial charge on any atom is 0.271 e. The minimum atomic E-state index is -0.770. The molecule has 0 unspecified atom stereocenters. The highest BCUT2D eigenvalue weighted by atomic mass is 35.5. The number of nitro benzene ring substituents is 1. The van der Waals surface area contributed by atoms with Gasteiger partial charge >= 0.3 is 0 Å². The van der Waals surface area contributed by atoms with Crippen LogP contribution in [0.4, 0.5) is 22.7 Å². The van der Waals surface area contributed by atoms with Crippen molar-refractivity contribution in [3.05, 3.63) is 68.9 Å². The van der Waals surface area contributed by atoms with Gasteiger partial charge in [-0.05, 0) is 30.7 Å². The maximum absolute atomic E-state index is 12.2. The van der Waals surface area contributed by atoms with Gasteiger partial charge in [-0.2, -0.15) is 5.26 Å². The summed E-state index contributed by atoms with van der Waals surface area (Å²) in [6.07, 6.45) is 1.20. The molecule has 0 aromatic heterocycles. The average molecular weight is 372 g/mol. The molecule has 2 rings (SSSR count). The van der Waals surface area contributed by atoms with Crippen LogP contribution in [-0.2, 0) is 4.79 Å². The van der Waals surface area contributed by atoms with E-state index in [4.69, 9.17) is 17.3 Å². The molecule has 0 heterocycles. The number of non-ortho nitro benzene ring substituents is 1. The molecule has 8 nitrogen and oxygen atoms in total. The summed E-state index contributed by atoms with van der Waals surface area (Å²) in [7, 11) is 0. The number of carbonyl (C=O) groups excluding carboxylic acids is 1. The number of nitrogens with zero attached hydrogens (tertiary/aromatic N) is 2. The molecule has 2 aromatic rings. The molecule has 0 aliphatic rings. The van der Waals surface area contributed by atoms with Crippen molar-refractivity contribution in [2.75, 3.05) is 16.4 Å².